The molecule has 1 amide bonds. The van der Waals surface area contributed by atoms with Gasteiger partial charge < -0.3 is 10.2 Å². The lowest BCUT2D eigenvalue weighted by atomic mass is 9.92. The number of amides is 1. The molecule has 108 valence electrons. The van der Waals surface area contributed by atoms with E-state index in [-0.39, 0.29) is 5.91 Å². The van der Waals surface area contributed by atoms with Crippen LogP contribution in [-0.2, 0) is 6.42 Å². The van der Waals surface area contributed by atoms with E-state index in [9.17, 15) is 4.79 Å². The van der Waals surface area contributed by atoms with Crippen molar-refractivity contribution in [1.29, 1.82) is 0 Å². The highest BCUT2D eigenvalue weighted by atomic mass is 16.2. The minimum atomic E-state index is 0.236. The van der Waals surface area contributed by atoms with Crippen molar-refractivity contribution in [2.75, 3.05) is 26.2 Å². The first-order chi connectivity index (χ1) is 9.65. The van der Waals surface area contributed by atoms with Crippen LogP contribution in [0.5, 0.6) is 0 Å². The molecule has 2 aliphatic rings. The van der Waals surface area contributed by atoms with Gasteiger partial charge in [0.1, 0.15) is 0 Å². The number of nitrogens with one attached hydrogen (secondary N) is 1. The molecule has 1 fully saturated rings. The average Bonchev–Trinajstić information content (AvgIpc) is 2.46. The van der Waals surface area contributed by atoms with Gasteiger partial charge in [0.25, 0.3) is 5.91 Å². The topological polar surface area (TPSA) is 32.3 Å². The van der Waals surface area contributed by atoms with Gasteiger partial charge in [-0.15, -0.1) is 0 Å². The van der Waals surface area contributed by atoms with Gasteiger partial charge in [0.15, 0.2) is 0 Å². The zero-order valence-corrected chi connectivity index (χ0v) is 12.5. The van der Waals surface area contributed by atoms with Crippen LogP contribution in [0.25, 0.3) is 0 Å². The van der Waals surface area contributed by atoms with Crippen LogP contribution in [0, 0.1) is 19.8 Å². The van der Waals surface area contributed by atoms with Crippen LogP contribution in [-0.4, -0.2) is 37.0 Å². The van der Waals surface area contributed by atoms with Gasteiger partial charge in [0, 0.05) is 18.7 Å². The van der Waals surface area contributed by atoms with Crippen molar-refractivity contribution in [2.45, 2.75) is 33.1 Å². The summed E-state index contributed by atoms with van der Waals surface area (Å²) < 4.78 is 0. The van der Waals surface area contributed by atoms with Gasteiger partial charge >= 0.3 is 0 Å². The molecule has 2 heterocycles. The SMILES string of the molecule is Cc1cc2c(cc1C)C(=O)N(CC1CCCNC1)CC2. The Hall–Kier alpha value is -1.35. The summed E-state index contributed by atoms with van der Waals surface area (Å²) in [7, 11) is 0. The number of aryl methyl sites for hydroxylation is 2. The van der Waals surface area contributed by atoms with E-state index < -0.39 is 0 Å². The standard InChI is InChI=1S/C17H24N2O/c1-12-8-15-5-7-19(11-14-4-3-6-18-10-14)17(20)16(15)9-13(12)2/h8-9,14,18H,3-7,10-11H2,1-2H3. The van der Waals surface area contributed by atoms with Crippen LogP contribution in [0.2, 0.25) is 0 Å². The Morgan fingerprint density at radius 2 is 2.10 bits per heavy atom. The van der Waals surface area contributed by atoms with Gasteiger partial charge in [-0.3, -0.25) is 4.79 Å². The van der Waals surface area contributed by atoms with E-state index in [1.807, 2.05) is 0 Å². The second kappa shape index (κ2) is 5.57. The molecule has 0 spiro atoms. The molecule has 3 nitrogen and oxygen atoms in total. The first kappa shape index (κ1) is 13.6. The fraction of sp³-hybridized carbons (Fsp3) is 0.588. The zero-order valence-electron chi connectivity index (χ0n) is 12.5. The molecule has 1 atom stereocenters. The smallest absolute Gasteiger partial charge is 0.254 e. The third kappa shape index (κ3) is 2.59. The highest BCUT2D eigenvalue weighted by Crippen LogP contribution is 2.24. The zero-order chi connectivity index (χ0) is 14.1. The maximum atomic E-state index is 12.7. The van der Waals surface area contributed by atoms with Crippen LogP contribution in [0.15, 0.2) is 12.1 Å². The quantitative estimate of drug-likeness (QED) is 0.896. The minimum Gasteiger partial charge on any atom is -0.338 e. The summed E-state index contributed by atoms with van der Waals surface area (Å²) in [6.45, 7) is 8.20. The van der Waals surface area contributed by atoms with Crippen molar-refractivity contribution in [3.05, 3.63) is 34.4 Å². The summed E-state index contributed by atoms with van der Waals surface area (Å²) in [5.74, 6) is 0.862. The number of benzene rings is 1. The molecule has 3 heteroatoms. The number of piperidine rings is 1. The molecule has 1 saturated heterocycles. The molecule has 0 aromatic heterocycles. The maximum Gasteiger partial charge on any atom is 0.254 e. The lowest BCUT2D eigenvalue weighted by molar-refractivity contribution is 0.0702. The summed E-state index contributed by atoms with van der Waals surface area (Å²) in [5.41, 5.74) is 4.68. The Bertz CT molecular complexity index is 518. The maximum absolute atomic E-state index is 12.7. The molecule has 1 aromatic rings. The Labute approximate surface area is 121 Å². The Morgan fingerprint density at radius 3 is 2.85 bits per heavy atom. The fourth-order valence-corrected chi connectivity index (χ4v) is 3.37. The summed E-state index contributed by atoms with van der Waals surface area (Å²) in [5, 5.41) is 3.44. The third-order valence-corrected chi connectivity index (χ3v) is 4.77. The lowest BCUT2D eigenvalue weighted by Gasteiger charge is -2.33. The highest BCUT2D eigenvalue weighted by Gasteiger charge is 2.27. The molecule has 20 heavy (non-hydrogen) atoms. The molecule has 0 radical (unpaired) electrons. The number of carbonyl (C=O) groups is 1. The third-order valence-electron chi connectivity index (χ3n) is 4.77. The molecule has 0 aliphatic carbocycles. The van der Waals surface area contributed by atoms with Gasteiger partial charge in [0.2, 0.25) is 0 Å². The van der Waals surface area contributed by atoms with Gasteiger partial charge in [0.05, 0.1) is 0 Å². The second-order valence-corrected chi connectivity index (χ2v) is 6.31. The van der Waals surface area contributed by atoms with Crippen LogP contribution >= 0.6 is 0 Å². The van der Waals surface area contributed by atoms with Gasteiger partial charge in [-0.05, 0) is 74.9 Å². The van der Waals surface area contributed by atoms with E-state index in [4.69, 9.17) is 0 Å². The van der Waals surface area contributed by atoms with Gasteiger partial charge in [-0.1, -0.05) is 6.07 Å². The molecule has 2 aliphatic heterocycles. The van der Waals surface area contributed by atoms with Crippen LogP contribution < -0.4 is 5.32 Å². The number of hydrogen-bond donors (Lipinski definition) is 1. The number of rotatable bonds is 2. The first-order valence-electron chi connectivity index (χ1n) is 7.75. The monoisotopic (exact) mass is 272 g/mol. The predicted octanol–water partition coefficient (Wildman–Crippen LogP) is 2.30. The van der Waals surface area contributed by atoms with Crippen LogP contribution in [0.1, 0.15) is 39.9 Å². The van der Waals surface area contributed by atoms with E-state index >= 15 is 0 Å². The molecule has 3 rings (SSSR count). The molecular formula is C17H24N2O. The van der Waals surface area contributed by atoms with Crippen LogP contribution in [0.3, 0.4) is 0 Å². The highest BCUT2D eigenvalue weighted by molar-refractivity contribution is 5.97. The van der Waals surface area contributed by atoms with E-state index in [1.54, 1.807) is 0 Å². The second-order valence-electron chi connectivity index (χ2n) is 6.31. The van der Waals surface area contributed by atoms with Crippen molar-refractivity contribution in [2.24, 2.45) is 5.92 Å². The van der Waals surface area contributed by atoms with E-state index in [0.29, 0.717) is 5.92 Å². The Balaban J connectivity index is 1.76. The fourth-order valence-electron chi connectivity index (χ4n) is 3.37. The average molecular weight is 272 g/mol. The minimum absolute atomic E-state index is 0.236. The van der Waals surface area contributed by atoms with E-state index in [1.165, 1.54) is 29.5 Å². The number of fused-ring (bicyclic) bond motifs is 1. The Morgan fingerprint density at radius 1 is 1.30 bits per heavy atom. The number of hydrogen-bond acceptors (Lipinski definition) is 2. The van der Waals surface area contributed by atoms with Crippen molar-refractivity contribution < 1.29 is 4.79 Å². The van der Waals surface area contributed by atoms with E-state index in [2.05, 4.69) is 36.2 Å². The molecule has 1 aromatic carbocycles. The predicted molar refractivity (Wildman–Crippen MR) is 81.1 cm³/mol. The van der Waals surface area contributed by atoms with Crippen molar-refractivity contribution in [3.63, 3.8) is 0 Å². The first-order valence-corrected chi connectivity index (χ1v) is 7.75. The summed E-state index contributed by atoms with van der Waals surface area (Å²) in [6, 6.07) is 4.28. The molecule has 0 saturated carbocycles. The number of carbonyl (C=O) groups excluding carboxylic acids is 1. The lowest BCUT2D eigenvalue weighted by Crippen LogP contribution is -2.44. The molecule has 0 bridgehead atoms. The van der Waals surface area contributed by atoms with Gasteiger partial charge in [-0.25, -0.2) is 0 Å². The largest absolute Gasteiger partial charge is 0.338 e. The molecule has 1 N–H and O–H groups in total. The summed E-state index contributed by atoms with van der Waals surface area (Å²) in [4.78, 5) is 14.7. The molecule has 1 unspecified atom stereocenters. The van der Waals surface area contributed by atoms with E-state index in [0.717, 1.165) is 38.2 Å². The van der Waals surface area contributed by atoms with Crippen LogP contribution in [0.4, 0.5) is 0 Å². The Kier molecular flexibility index (Phi) is 3.79. The van der Waals surface area contributed by atoms with Crippen molar-refractivity contribution in [3.8, 4) is 0 Å². The summed E-state index contributed by atoms with van der Waals surface area (Å²) in [6.07, 6.45) is 3.49. The normalized spacial score (nSPS) is 22.8. The number of nitrogens with zero attached hydrogens (tertiary/aromatic N) is 1. The molecular weight excluding hydrogens is 248 g/mol. The van der Waals surface area contributed by atoms with Gasteiger partial charge in [-0.2, -0.15) is 0 Å². The van der Waals surface area contributed by atoms with Crippen molar-refractivity contribution >= 4 is 5.91 Å². The van der Waals surface area contributed by atoms with Crippen molar-refractivity contribution in [1.82, 2.24) is 10.2 Å². The summed E-state index contributed by atoms with van der Waals surface area (Å²) >= 11 is 0.